The van der Waals surface area contributed by atoms with Gasteiger partial charge in [0.2, 0.25) is 0 Å². The van der Waals surface area contributed by atoms with Crippen molar-refractivity contribution in [3.8, 4) is 0 Å². The molecule has 0 aliphatic carbocycles. The topological polar surface area (TPSA) is 67.3 Å². The molecule has 0 radical (unpaired) electrons. The molecule has 0 saturated heterocycles. The fourth-order valence-corrected chi connectivity index (χ4v) is 4.85. The van der Waals surface area contributed by atoms with Crippen LogP contribution in [0.5, 0.6) is 0 Å². The summed E-state index contributed by atoms with van der Waals surface area (Å²) in [5.74, 6) is -0.249. The summed E-state index contributed by atoms with van der Waals surface area (Å²) in [6.07, 6.45) is 2.37. The molecule has 5 aromatic rings. The van der Waals surface area contributed by atoms with Crippen molar-refractivity contribution in [2.24, 2.45) is 0 Å². The zero-order chi connectivity index (χ0) is 23.9. The largest absolute Gasteiger partial charge is 0.433 e. The Morgan fingerprint density at radius 2 is 1.66 bits per heavy atom. The number of nitrogens with one attached hydrogen (secondary N) is 1. The monoisotopic (exact) mass is 467 g/mol. The number of hydrogen-bond acceptors (Lipinski definition) is 4. The molecule has 0 atom stereocenters. The van der Waals surface area contributed by atoms with Gasteiger partial charge in [0.25, 0.3) is 5.56 Å². The second kappa shape index (κ2) is 8.52. The molecule has 0 saturated carbocycles. The van der Waals surface area contributed by atoms with Crippen LogP contribution in [0.1, 0.15) is 12.0 Å². The molecule has 0 amide bonds. The fourth-order valence-electron chi connectivity index (χ4n) is 4.85. The third kappa shape index (κ3) is 3.70. The van der Waals surface area contributed by atoms with Crippen LogP contribution in [0.2, 0.25) is 0 Å². The van der Waals surface area contributed by atoms with Gasteiger partial charge in [0.15, 0.2) is 0 Å². The number of carbonyl (C=O) groups is 1. The molecule has 1 aliphatic rings. The maximum atomic E-state index is 13.4. The molecule has 3 aromatic carbocycles. The number of ether oxygens (including phenoxy) is 1. The molecule has 7 heteroatoms. The predicted molar refractivity (Wildman–Crippen MR) is 135 cm³/mol. The molecule has 0 unspecified atom stereocenters. The number of carbonyl (C=O) groups excluding carboxylic acids is 1. The summed E-state index contributed by atoms with van der Waals surface area (Å²) in [6, 6.07) is 21.2. The number of hydrogen-bond donors (Lipinski definition) is 1. The third-order valence-corrected chi connectivity index (χ3v) is 6.60. The van der Waals surface area contributed by atoms with E-state index < -0.39 is 6.09 Å². The van der Waals surface area contributed by atoms with Crippen molar-refractivity contribution in [2.45, 2.75) is 6.42 Å². The van der Waals surface area contributed by atoms with Crippen molar-refractivity contribution in [1.29, 1.82) is 0 Å². The lowest BCUT2D eigenvalue weighted by Gasteiger charge is -2.26. The summed E-state index contributed by atoms with van der Waals surface area (Å²) in [5, 5.41) is 2.00. The van der Waals surface area contributed by atoms with E-state index in [4.69, 9.17) is 4.74 Å². The average molecular weight is 468 g/mol. The first-order chi connectivity index (χ1) is 17.1. The SMILES string of the molecule is O=C(OCN1CC=C(c2ccc(F)cc2)CC1)n1c2ccccc2c2[nH]c(=O)c3ccccc3c21. The molecule has 2 aromatic heterocycles. The van der Waals surface area contributed by atoms with Gasteiger partial charge < -0.3 is 9.72 Å². The molecule has 3 heterocycles. The van der Waals surface area contributed by atoms with E-state index in [9.17, 15) is 14.0 Å². The molecule has 35 heavy (non-hydrogen) atoms. The summed E-state index contributed by atoms with van der Waals surface area (Å²) >= 11 is 0. The maximum absolute atomic E-state index is 13.4. The Hall–Kier alpha value is -4.23. The minimum Gasteiger partial charge on any atom is -0.433 e. The lowest BCUT2D eigenvalue weighted by atomic mass is 10.00. The molecule has 1 aliphatic heterocycles. The van der Waals surface area contributed by atoms with Gasteiger partial charge >= 0.3 is 6.09 Å². The van der Waals surface area contributed by atoms with E-state index in [1.807, 2.05) is 41.3 Å². The Labute approximate surface area is 199 Å². The highest BCUT2D eigenvalue weighted by molar-refractivity contribution is 6.18. The van der Waals surface area contributed by atoms with Crippen LogP contribution in [0.3, 0.4) is 0 Å². The quantitative estimate of drug-likeness (QED) is 0.380. The normalized spacial score (nSPS) is 14.5. The molecular weight excluding hydrogens is 445 g/mol. The van der Waals surface area contributed by atoms with Gasteiger partial charge in [-0.05, 0) is 41.8 Å². The number of aromatic nitrogens is 2. The Morgan fingerprint density at radius 3 is 2.40 bits per heavy atom. The van der Waals surface area contributed by atoms with E-state index in [2.05, 4.69) is 11.1 Å². The van der Waals surface area contributed by atoms with Crippen molar-refractivity contribution in [3.63, 3.8) is 0 Å². The number of nitrogens with zero attached hydrogens (tertiary/aromatic N) is 2. The van der Waals surface area contributed by atoms with E-state index in [0.29, 0.717) is 33.9 Å². The molecule has 174 valence electrons. The van der Waals surface area contributed by atoms with E-state index in [0.717, 1.165) is 29.5 Å². The van der Waals surface area contributed by atoms with Gasteiger partial charge in [0.1, 0.15) is 12.5 Å². The second-order valence-electron chi connectivity index (χ2n) is 8.68. The average Bonchev–Trinajstić information content (AvgIpc) is 3.23. The highest BCUT2D eigenvalue weighted by atomic mass is 19.1. The zero-order valence-electron chi connectivity index (χ0n) is 18.8. The minimum atomic E-state index is -0.498. The number of halogens is 1. The standard InChI is InChI=1S/C28H22FN3O3/c29-20-11-9-18(10-12-20)19-13-15-31(16-14-19)17-35-28(34)32-24-8-4-3-7-23(24)25-26(32)21-5-1-2-6-22(21)27(33)30-25/h1-13H,14-17H2,(H,30,33). The lowest BCUT2D eigenvalue weighted by Crippen LogP contribution is -2.32. The van der Waals surface area contributed by atoms with Crippen molar-refractivity contribution in [2.75, 3.05) is 19.8 Å². The molecule has 1 N–H and O–H groups in total. The third-order valence-electron chi connectivity index (χ3n) is 6.60. The number of fused-ring (bicyclic) bond motifs is 5. The van der Waals surface area contributed by atoms with Crippen LogP contribution in [0, 0.1) is 5.82 Å². The van der Waals surface area contributed by atoms with Crippen molar-refractivity contribution < 1.29 is 13.9 Å². The Balaban J connectivity index is 1.30. The molecule has 0 fully saturated rings. The van der Waals surface area contributed by atoms with Crippen LogP contribution in [-0.4, -0.2) is 40.4 Å². The van der Waals surface area contributed by atoms with Crippen LogP contribution >= 0.6 is 0 Å². The number of pyridine rings is 1. The predicted octanol–water partition coefficient (Wildman–Crippen LogP) is 5.51. The van der Waals surface area contributed by atoms with Crippen LogP contribution < -0.4 is 5.56 Å². The van der Waals surface area contributed by atoms with E-state index in [-0.39, 0.29) is 18.1 Å². The summed E-state index contributed by atoms with van der Waals surface area (Å²) in [7, 11) is 0. The summed E-state index contributed by atoms with van der Waals surface area (Å²) in [6.45, 7) is 1.49. The Bertz CT molecular complexity index is 1680. The van der Waals surface area contributed by atoms with Crippen molar-refractivity contribution in [1.82, 2.24) is 14.5 Å². The maximum Gasteiger partial charge on any atom is 0.420 e. The summed E-state index contributed by atoms with van der Waals surface area (Å²) in [4.78, 5) is 31.1. The second-order valence-corrected chi connectivity index (χ2v) is 8.68. The van der Waals surface area contributed by atoms with Gasteiger partial charge in [-0.3, -0.25) is 9.69 Å². The minimum absolute atomic E-state index is 0.140. The molecule has 6 nitrogen and oxygen atoms in total. The summed E-state index contributed by atoms with van der Waals surface area (Å²) in [5.41, 5.74) is 3.90. The highest BCUT2D eigenvalue weighted by Gasteiger charge is 2.22. The fraction of sp³-hybridized carbons (Fsp3) is 0.143. The van der Waals surface area contributed by atoms with Gasteiger partial charge in [-0.2, -0.15) is 0 Å². The smallest absolute Gasteiger partial charge is 0.420 e. The van der Waals surface area contributed by atoms with Crippen molar-refractivity contribution >= 4 is 44.4 Å². The number of rotatable bonds is 3. The van der Waals surface area contributed by atoms with E-state index >= 15 is 0 Å². The first-order valence-electron chi connectivity index (χ1n) is 11.5. The highest BCUT2D eigenvalue weighted by Crippen LogP contribution is 2.31. The lowest BCUT2D eigenvalue weighted by molar-refractivity contribution is 0.0770. The van der Waals surface area contributed by atoms with Gasteiger partial charge in [-0.1, -0.05) is 54.6 Å². The Morgan fingerprint density at radius 1 is 0.943 bits per heavy atom. The van der Waals surface area contributed by atoms with Gasteiger partial charge in [0, 0.05) is 29.2 Å². The van der Waals surface area contributed by atoms with Gasteiger partial charge in [-0.25, -0.2) is 13.8 Å². The molecule has 6 rings (SSSR count). The van der Waals surface area contributed by atoms with E-state index in [1.165, 1.54) is 12.1 Å². The molecular formula is C28H22FN3O3. The number of para-hydroxylation sites is 1. The van der Waals surface area contributed by atoms with Gasteiger partial charge in [0.05, 0.1) is 16.6 Å². The van der Waals surface area contributed by atoms with Crippen LogP contribution in [0.25, 0.3) is 38.3 Å². The first kappa shape index (κ1) is 21.3. The van der Waals surface area contributed by atoms with Crippen LogP contribution in [-0.2, 0) is 4.74 Å². The molecule has 0 spiro atoms. The van der Waals surface area contributed by atoms with Crippen molar-refractivity contribution in [3.05, 3.63) is 101 Å². The number of aromatic amines is 1. The van der Waals surface area contributed by atoms with E-state index in [1.54, 1.807) is 28.8 Å². The van der Waals surface area contributed by atoms with Gasteiger partial charge in [-0.15, -0.1) is 0 Å². The first-order valence-corrected chi connectivity index (χ1v) is 11.5. The zero-order valence-corrected chi connectivity index (χ0v) is 18.8. The molecule has 0 bridgehead atoms. The van der Waals surface area contributed by atoms with Crippen LogP contribution in [0.4, 0.5) is 9.18 Å². The number of benzene rings is 3. The Kier molecular flexibility index (Phi) is 5.19. The number of H-pyrrole nitrogens is 1. The van der Waals surface area contributed by atoms with Crippen LogP contribution in [0.15, 0.2) is 83.7 Å². The summed E-state index contributed by atoms with van der Waals surface area (Å²) < 4.78 is 20.5.